The third kappa shape index (κ3) is 3.16. The molecular formula is C23H21N3O4. The quantitative estimate of drug-likeness (QED) is 0.628. The Kier molecular flexibility index (Phi) is 4.58. The number of carbonyl (C=O) groups is 2. The molecule has 0 bridgehead atoms. The number of amides is 1. The zero-order valence-corrected chi connectivity index (χ0v) is 16.5. The highest BCUT2D eigenvalue weighted by Gasteiger charge is 2.23. The zero-order valence-electron chi connectivity index (χ0n) is 16.5. The van der Waals surface area contributed by atoms with Crippen LogP contribution in [0.2, 0.25) is 0 Å². The van der Waals surface area contributed by atoms with E-state index in [1.807, 2.05) is 24.3 Å². The Morgan fingerprint density at radius 2 is 1.87 bits per heavy atom. The van der Waals surface area contributed by atoms with E-state index in [9.17, 15) is 14.4 Å². The fraction of sp³-hybridized carbons (Fsp3) is 0.304. The zero-order chi connectivity index (χ0) is 20.7. The maximum atomic E-state index is 12.7. The molecule has 0 N–H and O–H groups in total. The first-order valence-corrected chi connectivity index (χ1v) is 10.2. The van der Waals surface area contributed by atoms with Gasteiger partial charge in [0.05, 0.1) is 16.5 Å². The monoisotopic (exact) mass is 403 g/mol. The lowest BCUT2D eigenvalue weighted by molar-refractivity contribution is -0.121. The maximum absolute atomic E-state index is 12.7. The average molecular weight is 403 g/mol. The van der Waals surface area contributed by atoms with Crippen molar-refractivity contribution in [2.45, 2.75) is 32.2 Å². The van der Waals surface area contributed by atoms with Crippen molar-refractivity contribution in [3.05, 3.63) is 69.8 Å². The van der Waals surface area contributed by atoms with E-state index >= 15 is 0 Å². The summed E-state index contributed by atoms with van der Waals surface area (Å²) in [6.45, 7) is 0.969. The summed E-state index contributed by atoms with van der Waals surface area (Å²) >= 11 is 0. The van der Waals surface area contributed by atoms with Crippen LogP contribution in [0.4, 0.5) is 5.69 Å². The van der Waals surface area contributed by atoms with Crippen molar-refractivity contribution in [3.63, 3.8) is 0 Å². The summed E-state index contributed by atoms with van der Waals surface area (Å²) in [5.41, 5.74) is 2.70. The molecule has 0 aliphatic carbocycles. The van der Waals surface area contributed by atoms with Crippen LogP contribution >= 0.6 is 0 Å². The summed E-state index contributed by atoms with van der Waals surface area (Å²) in [4.78, 5) is 44.0. The van der Waals surface area contributed by atoms with Gasteiger partial charge in [0, 0.05) is 25.2 Å². The van der Waals surface area contributed by atoms with Gasteiger partial charge in [0.15, 0.2) is 6.61 Å². The minimum atomic E-state index is -0.599. The second-order valence-electron chi connectivity index (χ2n) is 7.67. The van der Waals surface area contributed by atoms with Gasteiger partial charge in [0.25, 0.3) is 11.5 Å². The lowest BCUT2D eigenvalue weighted by Crippen LogP contribution is -2.38. The predicted molar refractivity (Wildman–Crippen MR) is 112 cm³/mol. The van der Waals surface area contributed by atoms with Crippen LogP contribution < -0.4 is 10.5 Å². The Labute approximate surface area is 172 Å². The van der Waals surface area contributed by atoms with Crippen molar-refractivity contribution in [1.82, 2.24) is 9.55 Å². The molecule has 1 aromatic heterocycles. The van der Waals surface area contributed by atoms with Crippen molar-refractivity contribution in [3.8, 4) is 0 Å². The van der Waals surface area contributed by atoms with Crippen LogP contribution in [0.5, 0.6) is 0 Å². The van der Waals surface area contributed by atoms with E-state index in [4.69, 9.17) is 4.74 Å². The molecule has 2 aliphatic heterocycles. The Balaban J connectivity index is 1.32. The van der Waals surface area contributed by atoms with Gasteiger partial charge in [-0.1, -0.05) is 18.2 Å². The minimum Gasteiger partial charge on any atom is -0.452 e. The number of nitrogens with zero attached hydrogens (tertiary/aromatic N) is 3. The number of rotatable bonds is 3. The number of benzene rings is 2. The highest BCUT2D eigenvalue weighted by atomic mass is 16.5. The van der Waals surface area contributed by atoms with Crippen LogP contribution in [0.15, 0.2) is 47.3 Å². The molecule has 1 amide bonds. The van der Waals surface area contributed by atoms with Crippen molar-refractivity contribution in [2.75, 3.05) is 18.1 Å². The highest BCUT2D eigenvalue weighted by molar-refractivity contribution is 5.99. The lowest BCUT2D eigenvalue weighted by Gasteiger charge is -2.29. The third-order valence-corrected chi connectivity index (χ3v) is 5.79. The number of hydrogen-bond acceptors (Lipinski definition) is 5. The number of para-hydroxylation sites is 1. The smallest absolute Gasteiger partial charge is 0.338 e. The topological polar surface area (TPSA) is 81.5 Å². The normalized spacial score (nSPS) is 15.0. The van der Waals surface area contributed by atoms with Crippen LogP contribution in [-0.4, -0.2) is 34.6 Å². The average Bonchev–Trinajstić information content (AvgIpc) is 3.25. The minimum absolute atomic E-state index is 0.0774. The Hall–Kier alpha value is -3.48. The van der Waals surface area contributed by atoms with Crippen molar-refractivity contribution in [1.29, 1.82) is 0 Å². The molecule has 2 aromatic carbocycles. The number of carbonyl (C=O) groups excluding carboxylic acids is 2. The molecule has 5 rings (SSSR count). The summed E-state index contributed by atoms with van der Waals surface area (Å²) in [7, 11) is 0. The molecule has 3 aromatic rings. The van der Waals surface area contributed by atoms with Gasteiger partial charge in [-0.05, 0) is 49.1 Å². The van der Waals surface area contributed by atoms with Crippen LogP contribution in [0.25, 0.3) is 10.9 Å². The Bertz CT molecular complexity index is 1230. The molecule has 3 heterocycles. The van der Waals surface area contributed by atoms with E-state index in [1.165, 1.54) is 0 Å². The number of aryl methyl sites for hydroxylation is 2. The third-order valence-electron chi connectivity index (χ3n) is 5.79. The lowest BCUT2D eigenvalue weighted by atomic mass is 10.0. The van der Waals surface area contributed by atoms with E-state index in [0.717, 1.165) is 42.8 Å². The fourth-order valence-corrected chi connectivity index (χ4v) is 4.29. The molecular weight excluding hydrogens is 382 g/mol. The first kappa shape index (κ1) is 18.5. The number of hydrogen-bond donors (Lipinski definition) is 0. The molecule has 30 heavy (non-hydrogen) atoms. The van der Waals surface area contributed by atoms with Crippen LogP contribution in [0.3, 0.4) is 0 Å². The van der Waals surface area contributed by atoms with E-state index in [-0.39, 0.29) is 23.6 Å². The van der Waals surface area contributed by atoms with Crippen molar-refractivity contribution >= 4 is 28.5 Å². The maximum Gasteiger partial charge on any atom is 0.338 e. The molecule has 0 atom stereocenters. The summed E-state index contributed by atoms with van der Waals surface area (Å²) in [5, 5.41) is 0.484. The molecule has 2 aliphatic rings. The van der Waals surface area contributed by atoms with Gasteiger partial charge >= 0.3 is 5.97 Å². The molecule has 0 radical (unpaired) electrons. The second-order valence-corrected chi connectivity index (χ2v) is 7.67. The van der Waals surface area contributed by atoms with Crippen LogP contribution in [0, 0.1) is 0 Å². The van der Waals surface area contributed by atoms with Gasteiger partial charge in [0.2, 0.25) is 0 Å². The van der Waals surface area contributed by atoms with E-state index < -0.39 is 5.97 Å². The number of anilines is 1. The molecule has 0 unspecified atom stereocenters. The van der Waals surface area contributed by atoms with Gasteiger partial charge < -0.3 is 9.64 Å². The number of esters is 1. The van der Waals surface area contributed by atoms with Gasteiger partial charge in [-0.3, -0.25) is 14.2 Å². The van der Waals surface area contributed by atoms with E-state index in [0.29, 0.717) is 24.0 Å². The molecule has 7 heteroatoms. The first-order valence-electron chi connectivity index (χ1n) is 10.2. The molecule has 0 saturated carbocycles. The predicted octanol–water partition coefficient (Wildman–Crippen LogP) is 2.48. The molecule has 0 spiro atoms. The van der Waals surface area contributed by atoms with Gasteiger partial charge in [-0.15, -0.1) is 0 Å². The first-order chi connectivity index (χ1) is 14.6. The number of fused-ring (bicyclic) bond motifs is 3. The van der Waals surface area contributed by atoms with Crippen molar-refractivity contribution in [2.24, 2.45) is 0 Å². The summed E-state index contributed by atoms with van der Waals surface area (Å²) in [6.07, 6.45) is 3.47. The standard InChI is InChI=1S/C23H21N3O4/c27-21(25-11-3-6-15-5-1-2-7-19(15)25)14-30-23(29)16-9-10-17-18(13-16)24-20-8-4-12-26(20)22(17)28/h1-2,5,7,9-10,13H,3-4,6,8,11-12,14H2. The molecule has 152 valence electrons. The van der Waals surface area contributed by atoms with E-state index in [2.05, 4.69) is 4.98 Å². The SMILES string of the molecule is O=C(OCC(=O)N1CCCc2ccccc21)c1ccc2c(=O)n3c(nc2c1)CCC3. The van der Waals surface area contributed by atoms with Crippen LogP contribution in [-0.2, 0) is 28.9 Å². The van der Waals surface area contributed by atoms with Gasteiger partial charge in [-0.25, -0.2) is 9.78 Å². The van der Waals surface area contributed by atoms with Gasteiger partial charge in [0.1, 0.15) is 5.82 Å². The highest BCUT2D eigenvalue weighted by Crippen LogP contribution is 2.26. The molecule has 0 saturated heterocycles. The van der Waals surface area contributed by atoms with Gasteiger partial charge in [-0.2, -0.15) is 0 Å². The fourth-order valence-electron chi connectivity index (χ4n) is 4.29. The van der Waals surface area contributed by atoms with Crippen molar-refractivity contribution < 1.29 is 14.3 Å². The van der Waals surface area contributed by atoms with Crippen LogP contribution in [0.1, 0.15) is 34.6 Å². The Morgan fingerprint density at radius 3 is 2.77 bits per heavy atom. The summed E-state index contributed by atoms with van der Waals surface area (Å²) in [5.74, 6) is -0.0969. The Morgan fingerprint density at radius 1 is 1.03 bits per heavy atom. The number of ether oxygens (including phenoxy) is 1. The molecule has 7 nitrogen and oxygen atoms in total. The molecule has 0 fully saturated rings. The largest absolute Gasteiger partial charge is 0.452 e. The number of aromatic nitrogens is 2. The second kappa shape index (κ2) is 7.40. The summed E-state index contributed by atoms with van der Waals surface area (Å²) in [6, 6.07) is 12.5. The van der Waals surface area contributed by atoms with E-state index in [1.54, 1.807) is 27.7 Å². The summed E-state index contributed by atoms with van der Waals surface area (Å²) < 4.78 is 6.98.